The topological polar surface area (TPSA) is 71.8 Å². The Morgan fingerprint density at radius 2 is 1.78 bits per heavy atom. The van der Waals surface area contributed by atoms with Crippen LogP contribution in [0.5, 0.6) is 0 Å². The molecule has 0 saturated heterocycles. The number of carbonyl (C=O) groups is 1. The third-order valence-electron chi connectivity index (χ3n) is 3.14. The molecule has 1 amide bonds. The molecule has 0 aliphatic carbocycles. The molecule has 7 heteroatoms. The van der Waals surface area contributed by atoms with Crippen molar-refractivity contribution in [1.29, 1.82) is 0 Å². The van der Waals surface area contributed by atoms with Crippen LogP contribution in [0.3, 0.4) is 0 Å². The zero-order valence-corrected chi connectivity index (χ0v) is 13.1. The van der Waals surface area contributed by atoms with Crippen LogP contribution in [0.25, 0.3) is 5.69 Å². The molecule has 0 aliphatic rings. The van der Waals surface area contributed by atoms with E-state index in [1.165, 1.54) is 0 Å². The lowest BCUT2D eigenvalue weighted by Crippen LogP contribution is -2.30. The Hall–Kier alpha value is -2.86. The van der Waals surface area contributed by atoms with Crippen LogP contribution in [-0.2, 0) is 0 Å². The number of para-hydroxylation sites is 1. The summed E-state index contributed by atoms with van der Waals surface area (Å²) in [5.74, 6) is 0.280. The van der Waals surface area contributed by atoms with Gasteiger partial charge < -0.3 is 0 Å². The van der Waals surface area contributed by atoms with E-state index in [1.54, 1.807) is 23.7 Å². The summed E-state index contributed by atoms with van der Waals surface area (Å²) in [6, 6.07) is 16.5. The number of hydrogen-bond donors (Lipinski definition) is 2. The minimum atomic E-state index is -0.412. The van der Waals surface area contributed by atoms with E-state index in [-0.39, 0.29) is 5.82 Å². The summed E-state index contributed by atoms with van der Waals surface area (Å²) >= 11 is 5.88. The van der Waals surface area contributed by atoms with E-state index in [9.17, 15) is 4.79 Å². The predicted octanol–water partition coefficient (Wildman–Crippen LogP) is 2.99. The second-order valence-corrected chi connectivity index (χ2v) is 5.25. The zero-order chi connectivity index (χ0) is 16.2. The van der Waals surface area contributed by atoms with Crippen molar-refractivity contribution < 1.29 is 4.79 Å². The summed E-state index contributed by atoms with van der Waals surface area (Å²) in [6.07, 6.45) is 0. The fourth-order valence-corrected chi connectivity index (χ4v) is 2.15. The molecule has 0 bridgehead atoms. The van der Waals surface area contributed by atoms with Crippen LogP contribution in [0, 0.1) is 6.92 Å². The van der Waals surface area contributed by atoms with Crippen LogP contribution in [0.15, 0.2) is 54.6 Å². The summed E-state index contributed by atoms with van der Waals surface area (Å²) in [4.78, 5) is 16.3. The van der Waals surface area contributed by atoms with E-state index >= 15 is 0 Å². The molecule has 1 heterocycles. The number of hydrazine groups is 1. The Labute approximate surface area is 138 Å². The van der Waals surface area contributed by atoms with Crippen molar-refractivity contribution in [2.24, 2.45) is 0 Å². The number of nitrogens with one attached hydrogen (secondary N) is 2. The van der Waals surface area contributed by atoms with Gasteiger partial charge in [0, 0.05) is 5.02 Å². The molecule has 2 N–H and O–H groups in total. The van der Waals surface area contributed by atoms with Crippen LogP contribution in [0.4, 0.5) is 5.69 Å². The normalized spacial score (nSPS) is 10.3. The number of aromatic nitrogens is 3. The largest absolute Gasteiger partial charge is 0.309 e. The first-order chi connectivity index (χ1) is 11.1. The average Bonchev–Trinajstić information content (AvgIpc) is 2.96. The van der Waals surface area contributed by atoms with Crippen molar-refractivity contribution in [1.82, 2.24) is 20.2 Å². The minimum absolute atomic E-state index is 0.0841. The van der Waals surface area contributed by atoms with E-state index in [0.29, 0.717) is 10.8 Å². The Bertz CT molecular complexity index is 814. The fourth-order valence-electron chi connectivity index (χ4n) is 2.02. The Kier molecular flexibility index (Phi) is 4.25. The Morgan fingerprint density at radius 3 is 2.48 bits per heavy atom. The van der Waals surface area contributed by atoms with Gasteiger partial charge in [-0.3, -0.25) is 15.6 Å². The van der Waals surface area contributed by atoms with Crippen molar-refractivity contribution in [3.05, 3.63) is 71.3 Å². The number of benzene rings is 2. The molecule has 116 valence electrons. The highest BCUT2D eigenvalue weighted by atomic mass is 35.5. The van der Waals surface area contributed by atoms with Crippen LogP contribution in [0.1, 0.15) is 16.4 Å². The summed E-state index contributed by atoms with van der Waals surface area (Å²) in [5.41, 5.74) is 6.94. The quantitative estimate of drug-likeness (QED) is 0.723. The molecule has 0 spiro atoms. The second-order valence-electron chi connectivity index (χ2n) is 4.82. The van der Waals surface area contributed by atoms with Gasteiger partial charge in [0.25, 0.3) is 0 Å². The number of rotatable bonds is 4. The molecule has 3 rings (SSSR count). The minimum Gasteiger partial charge on any atom is -0.298 e. The number of halogens is 1. The highest BCUT2D eigenvalue weighted by Crippen LogP contribution is 2.14. The Morgan fingerprint density at radius 1 is 1.09 bits per heavy atom. The molecule has 6 nitrogen and oxygen atoms in total. The van der Waals surface area contributed by atoms with Crippen LogP contribution in [-0.4, -0.2) is 20.7 Å². The van der Waals surface area contributed by atoms with Gasteiger partial charge in [0.05, 0.1) is 11.4 Å². The smallest absolute Gasteiger partial charge is 0.298 e. The molecule has 0 aliphatic heterocycles. The molecule has 0 saturated carbocycles. The molecule has 0 radical (unpaired) electrons. The van der Waals surface area contributed by atoms with Gasteiger partial charge in [-0.05, 0) is 43.3 Å². The maximum absolute atomic E-state index is 12.1. The van der Waals surface area contributed by atoms with E-state index < -0.39 is 5.91 Å². The van der Waals surface area contributed by atoms with Crippen LogP contribution < -0.4 is 10.9 Å². The number of amides is 1. The van der Waals surface area contributed by atoms with Crippen molar-refractivity contribution >= 4 is 23.2 Å². The van der Waals surface area contributed by atoms with Gasteiger partial charge in [-0.25, -0.2) is 9.67 Å². The molecule has 2 aromatic carbocycles. The Balaban J connectivity index is 1.75. The lowest BCUT2D eigenvalue weighted by Gasteiger charge is -2.05. The second kappa shape index (κ2) is 6.50. The summed E-state index contributed by atoms with van der Waals surface area (Å²) in [6.45, 7) is 1.78. The number of carbonyl (C=O) groups excluding carboxylic acids is 1. The molecular weight excluding hydrogens is 314 g/mol. The van der Waals surface area contributed by atoms with Crippen molar-refractivity contribution in [3.63, 3.8) is 0 Å². The van der Waals surface area contributed by atoms with Gasteiger partial charge in [-0.1, -0.05) is 29.8 Å². The zero-order valence-electron chi connectivity index (χ0n) is 12.3. The van der Waals surface area contributed by atoms with Crippen molar-refractivity contribution in [3.8, 4) is 5.69 Å². The number of aryl methyl sites for hydroxylation is 1. The molecule has 3 aromatic rings. The molecular formula is C16H14ClN5O. The monoisotopic (exact) mass is 327 g/mol. The first-order valence-corrected chi connectivity index (χ1v) is 7.32. The van der Waals surface area contributed by atoms with Gasteiger partial charge in [-0.15, -0.1) is 5.10 Å². The van der Waals surface area contributed by atoms with Gasteiger partial charge in [-0.2, -0.15) is 0 Å². The van der Waals surface area contributed by atoms with Crippen molar-refractivity contribution in [2.75, 3.05) is 5.43 Å². The number of anilines is 1. The van der Waals surface area contributed by atoms with E-state index in [1.807, 2.05) is 42.5 Å². The molecule has 0 unspecified atom stereocenters. The van der Waals surface area contributed by atoms with Crippen molar-refractivity contribution in [2.45, 2.75) is 6.92 Å². The SMILES string of the molecule is Cc1nc(C(=O)NNc2ccccc2)nn1-c1ccc(Cl)cc1. The lowest BCUT2D eigenvalue weighted by molar-refractivity contribution is 0.0952. The van der Waals surface area contributed by atoms with Gasteiger partial charge in [0.15, 0.2) is 0 Å². The third kappa shape index (κ3) is 3.49. The molecule has 0 atom stereocenters. The van der Waals surface area contributed by atoms with E-state index in [4.69, 9.17) is 11.6 Å². The number of nitrogens with zero attached hydrogens (tertiary/aromatic N) is 3. The average molecular weight is 328 g/mol. The highest BCUT2D eigenvalue weighted by Gasteiger charge is 2.15. The molecule has 23 heavy (non-hydrogen) atoms. The highest BCUT2D eigenvalue weighted by molar-refractivity contribution is 6.30. The summed E-state index contributed by atoms with van der Waals surface area (Å²) in [5, 5.41) is 4.87. The van der Waals surface area contributed by atoms with Gasteiger partial charge in [0.1, 0.15) is 5.82 Å². The maximum Gasteiger partial charge on any atom is 0.309 e. The number of hydrogen-bond acceptors (Lipinski definition) is 4. The van der Waals surface area contributed by atoms with Gasteiger partial charge >= 0.3 is 5.91 Å². The van der Waals surface area contributed by atoms with Crippen LogP contribution >= 0.6 is 11.6 Å². The van der Waals surface area contributed by atoms with Gasteiger partial charge in [0.2, 0.25) is 5.82 Å². The standard InChI is InChI=1S/C16H14ClN5O/c1-11-18-15(16(23)20-19-13-5-3-2-4-6-13)21-22(11)14-9-7-12(17)8-10-14/h2-10,19H,1H3,(H,20,23). The fraction of sp³-hybridized carbons (Fsp3) is 0.0625. The van der Waals surface area contributed by atoms with E-state index in [0.717, 1.165) is 11.4 Å². The first kappa shape index (κ1) is 15.1. The summed E-state index contributed by atoms with van der Waals surface area (Å²) in [7, 11) is 0. The lowest BCUT2D eigenvalue weighted by atomic mass is 10.3. The summed E-state index contributed by atoms with van der Waals surface area (Å²) < 4.78 is 1.59. The molecule has 1 aromatic heterocycles. The van der Waals surface area contributed by atoms with Crippen LogP contribution in [0.2, 0.25) is 5.02 Å². The molecule has 0 fully saturated rings. The third-order valence-corrected chi connectivity index (χ3v) is 3.39. The predicted molar refractivity (Wildman–Crippen MR) is 88.6 cm³/mol. The maximum atomic E-state index is 12.1. The first-order valence-electron chi connectivity index (χ1n) is 6.94. The van der Waals surface area contributed by atoms with E-state index in [2.05, 4.69) is 20.9 Å².